The van der Waals surface area contributed by atoms with Crippen molar-refractivity contribution in [3.63, 3.8) is 0 Å². The van der Waals surface area contributed by atoms with Gasteiger partial charge in [-0.2, -0.15) is 14.4 Å². The van der Waals surface area contributed by atoms with Gasteiger partial charge in [-0.15, -0.1) is 6.42 Å². The second-order valence-electron chi connectivity index (χ2n) is 6.06. The van der Waals surface area contributed by atoms with E-state index in [4.69, 9.17) is 15.9 Å². The largest absolute Gasteiger partial charge is 0.462 e. The summed E-state index contributed by atoms with van der Waals surface area (Å²) >= 11 is 0. The average Bonchev–Trinajstić information content (AvgIpc) is 3.09. The van der Waals surface area contributed by atoms with Crippen LogP contribution in [0.1, 0.15) is 32.6 Å². The lowest BCUT2D eigenvalue weighted by atomic mass is 10.0. The first-order valence-corrected chi connectivity index (χ1v) is 8.73. The second-order valence-corrected chi connectivity index (χ2v) is 6.06. The summed E-state index contributed by atoms with van der Waals surface area (Å²) in [6.07, 6.45) is 8.65. The highest BCUT2D eigenvalue weighted by Gasteiger charge is 2.29. The number of unbranched alkanes of at least 4 members (excludes halogenated alkanes) is 1. The molecular weight excluding hydrogens is 353 g/mol. The van der Waals surface area contributed by atoms with Crippen LogP contribution in [0.2, 0.25) is 0 Å². The number of anilines is 1. The first kappa shape index (κ1) is 20.6. The van der Waals surface area contributed by atoms with Crippen molar-refractivity contribution in [3.8, 4) is 12.3 Å². The lowest BCUT2D eigenvalue weighted by Crippen LogP contribution is -2.37. The predicted molar refractivity (Wildman–Crippen MR) is 98.5 cm³/mol. The predicted octanol–water partition coefficient (Wildman–Crippen LogP) is 2.15. The molecule has 0 amide bonds. The van der Waals surface area contributed by atoms with E-state index in [2.05, 4.69) is 26.2 Å². The number of carbonyl (C=O) groups is 1. The lowest BCUT2D eigenvalue weighted by molar-refractivity contribution is -0.150. The summed E-state index contributed by atoms with van der Waals surface area (Å²) in [7, 11) is 3.09. The van der Waals surface area contributed by atoms with Crippen molar-refractivity contribution in [1.82, 2.24) is 19.5 Å². The molecule has 0 aliphatic rings. The molecule has 2 heterocycles. The minimum atomic E-state index is -1.09. The summed E-state index contributed by atoms with van der Waals surface area (Å²) in [6, 6.07) is 0. The molecule has 8 nitrogen and oxygen atoms in total. The number of esters is 1. The SMILES string of the molecule is C#CC(CCn1cnc2c(NC)nc(F)nc21)(COC(=O)CCCC)OC. The highest BCUT2D eigenvalue weighted by atomic mass is 19.1. The number of ether oxygens (including phenoxy) is 2. The van der Waals surface area contributed by atoms with Crippen LogP contribution in [0.15, 0.2) is 6.33 Å². The highest BCUT2D eigenvalue weighted by Crippen LogP contribution is 2.21. The number of methoxy groups -OCH3 is 1. The Balaban J connectivity index is 2.12. The van der Waals surface area contributed by atoms with Crippen LogP contribution in [-0.2, 0) is 20.8 Å². The molecule has 2 aromatic rings. The number of carbonyl (C=O) groups excluding carboxylic acids is 1. The van der Waals surface area contributed by atoms with Crippen LogP contribution in [0.4, 0.5) is 10.2 Å². The van der Waals surface area contributed by atoms with Crippen molar-refractivity contribution < 1.29 is 18.7 Å². The number of hydrogen-bond acceptors (Lipinski definition) is 7. The van der Waals surface area contributed by atoms with E-state index in [1.54, 1.807) is 11.6 Å². The first-order valence-electron chi connectivity index (χ1n) is 8.73. The summed E-state index contributed by atoms with van der Waals surface area (Å²) in [6.45, 7) is 2.29. The third-order valence-electron chi connectivity index (χ3n) is 4.28. The second kappa shape index (κ2) is 9.28. The first-order chi connectivity index (χ1) is 13.0. The summed E-state index contributed by atoms with van der Waals surface area (Å²) in [4.78, 5) is 23.5. The van der Waals surface area contributed by atoms with E-state index in [0.29, 0.717) is 36.4 Å². The topological polar surface area (TPSA) is 91.2 Å². The molecule has 2 aromatic heterocycles. The number of fused-ring (bicyclic) bond motifs is 1. The molecule has 1 unspecified atom stereocenters. The Bertz CT molecular complexity index is 832. The number of rotatable bonds is 10. The highest BCUT2D eigenvalue weighted by molar-refractivity contribution is 5.82. The summed E-state index contributed by atoms with van der Waals surface area (Å²) in [5.74, 6) is 2.56. The average molecular weight is 377 g/mol. The molecule has 0 aliphatic carbocycles. The van der Waals surface area contributed by atoms with Gasteiger partial charge in [0.25, 0.3) is 0 Å². The van der Waals surface area contributed by atoms with E-state index in [-0.39, 0.29) is 12.6 Å². The Morgan fingerprint density at radius 3 is 2.89 bits per heavy atom. The number of aryl methyl sites for hydroxylation is 1. The molecule has 9 heteroatoms. The smallest absolute Gasteiger partial charge is 0.312 e. The molecule has 0 aliphatic heterocycles. The van der Waals surface area contributed by atoms with E-state index < -0.39 is 11.7 Å². The Hall–Kier alpha value is -2.73. The van der Waals surface area contributed by atoms with Crippen LogP contribution in [0.5, 0.6) is 0 Å². The number of imidazole rings is 1. The van der Waals surface area contributed by atoms with Crippen molar-refractivity contribution in [2.24, 2.45) is 0 Å². The monoisotopic (exact) mass is 377 g/mol. The van der Waals surface area contributed by atoms with Crippen molar-refractivity contribution in [2.45, 2.75) is 44.8 Å². The lowest BCUT2D eigenvalue weighted by Gasteiger charge is -2.26. The maximum atomic E-state index is 13.6. The van der Waals surface area contributed by atoms with Gasteiger partial charge >= 0.3 is 12.0 Å². The Morgan fingerprint density at radius 2 is 2.26 bits per heavy atom. The molecule has 27 heavy (non-hydrogen) atoms. The summed E-state index contributed by atoms with van der Waals surface area (Å²) in [5.41, 5.74) is -0.294. The van der Waals surface area contributed by atoms with Gasteiger partial charge in [0.1, 0.15) is 6.61 Å². The quantitative estimate of drug-likeness (QED) is 0.385. The summed E-state index contributed by atoms with van der Waals surface area (Å²) in [5, 5.41) is 2.79. The van der Waals surface area contributed by atoms with Gasteiger partial charge in [0.2, 0.25) is 0 Å². The minimum Gasteiger partial charge on any atom is -0.462 e. The van der Waals surface area contributed by atoms with Crippen LogP contribution < -0.4 is 5.32 Å². The van der Waals surface area contributed by atoms with Crippen LogP contribution >= 0.6 is 0 Å². The standard InChI is InChI=1S/C18H24FN5O3/c1-5-7-8-13(25)27-11-18(6-2,26-4)9-10-24-12-21-14-15(20-3)22-17(19)23-16(14)24/h2,12H,5,7-11H2,1,3-4H3,(H,20,22,23). The Kier molecular flexibility index (Phi) is 7.07. The van der Waals surface area contributed by atoms with Gasteiger partial charge in [-0.25, -0.2) is 4.98 Å². The van der Waals surface area contributed by atoms with Crippen molar-refractivity contribution in [3.05, 3.63) is 12.4 Å². The number of nitrogens with zero attached hydrogens (tertiary/aromatic N) is 4. The Morgan fingerprint density at radius 1 is 1.48 bits per heavy atom. The third-order valence-corrected chi connectivity index (χ3v) is 4.28. The molecule has 2 rings (SSSR count). The zero-order valence-electron chi connectivity index (χ0n) is 15.8. The molecule has 0 radical (unpaired) electrons. The minimum absolute atomic E-state index is 0.0553. The third kappa shape index (κ3) is 4.92. The van der Waals surface area contributed by atoms with Gasteiger partial charge in [0.15, 0.2) is 22.6 Å². The number of nitrogens with one attached hydrogen (secondary N) is 1. The maximum Gasteiger partial charge on any atom is 0.312 e. The van der Waals surface area contributed by atoms with Crippen LogP contribution in [0, 0.1) is 18.4 Å². The zero-order valence-corrected chi connectivity index (χ0v) is 15.8. The van der Waals surface area contributed by atoms with Gasteiger partial charge in [-0.05, 0) is 6.42 Å². The van der Waals surface area contributed by atoms with Gasteiger partial charge in [-0.1, -0.05) is 19.3 Å². The van der Waals surface area contributed by atoms with Crippen molar-refractivity contribution in [1.29, 1.82) is 0 Å². The van der Waals surface area contributed by atoms with Gasteiger partial charge in [0.05, 0.1) is 6.33 Å². The normalized spacial score (nSPS) is 13.1. The van der Waals surface area contributed by atoms with Gasteiger partial charge in [-0.3, -0.25) is 4.79 Å². The zero-order chi connectivity index (χ0) is 19.9. The van der Waals surface area contributed by atoms with E-state index in [1.165, 1.54) is 13.4 Å². The van der Waals surface area contributed by atoms with E-state index in [0.717, 1.165) is 12.8 Å². The molecule has 146 valence electrons. The van der Waals surface area contributed by atoms with E-state index in [9.17, 15) is 9.18 Å². The van der Waals surface area contributed by atoms with E-state index >= 15 is 0 Å². The number of aromatic nitrogens is 4. The van der Waals surface area contributed by atoms with Gasteiger partial charge < -0.3 is 19.4 Å². The molecular formula is C18H24FN5O3. The van der Waals surface area contributed by atoms with Crippen molar-refractivity contribution in [2.75, 3.05) is 26.1 Å². The molecule has 0 saturated heterocycles. The van der Waals surface area contributed by atoms with Crippen LogP contribution in [0.3, 0.4) is 0 Å². The van der Waals surface area contributed by atoms with E-state index in [1.807, 2.05) is 6.92 Å². The molecule has 1 N–H and O–H groups in total. The van der Waals surface area contributed by atoms with Gasteiger partial charge in [0, 0.05) is 33.5 Å². The fourth-order valence-electron chi connectivity index (χ4n) is 2.55. The Labute approximate surface area is 157 Å². The molecule has 0 spiro atoms. The molecule has 1 atom stereocenters. The molecule has 0 fully saturated rings. The molecule has 0 bridgehead atoms. The fourth-order valence-corrected chi connectivity index (χ4v) is 2.55. The fraction of sp³-hybridized carbons (Fsp3) is 0.556. The molecule has 0 aromatic carbocycles. The number of hydrogen-bond donors (Lipinski definition) is 1. The number of terminal acetylenes is 1. The number of halogens is 1. The van der Waals surface area contributed by atoms with Crippen LogP contribution in [0.25, 0.3) is 11.2 Å². The van der Waals surface area contributed by atoms with Crippen molar-refractivity contribution >= 4 is 23.0 Å². The molecule has 0 saturated carbocycles. The maximum absolute atomic E-state index is 13.6. The summed E-state index contributed by atoms with van der Waals surface area (Å²) < 4.78 is 26.0. The van der Waals surface area contributed by atoms with Crippen LogP contribution in [-0.4, -0.2) is 51.9 Å².